The number of ether oxygens (including phenoxy) is 2. The lowest BCUT2D eigenvalue weighted by molar-refractivity contribution is -0.116. The van der Waals surface area contributed by atoms with Crippen molar-refractivity contribution >= 4 is 23.5 Å². The minimum atomic E-state index is -0.322. The van der Waals surface area contributed by atoms with Gasteiger partial charge in [-0.25, -0.2) is 0 Å². The number of para-hydroxylation sites is 1. The summed E-state index contributed by atoms with van der Waals surface area (Å²) >= 11 is 0. The average molecular weight is 438 g/mol. The van der Waals surface area contributed by atoms with Crippen molar-refractivity contribution in [3.8, 4) is 17.6 Å². The maximum absolute atomic E-state index is 12.9. The summed E-state index contributed by atoms with van der Waals surface area (Å²) in [6.07, 6.45) is 1.59. The van der Waals surface area contributed by atoms with Crippen LogP contribution in [0.2, 0.25) is 0 Å². The molecule has 0 unspecified atom stereocenters. The maximum atomic E-state index is 12.9. The van der Waals surface area contributed by atoms with Crippen LogP contribution in [0.25, 0.3) is 6.08 Å². The van der Waals surface area contributed by atoms with Crippen LogP contribution in [0.5, 0.6) is 11.5 Å². The zero-order valence-electron chi connectivity index (χ0n) is 18.2. The number of carbonyl (C=O) groups is 2. The standard InChI is InChI=1S/C27H22N2O4/c1-2-32-26-15-19(12-13-25(26)33-18-21-9-7-6-8-20(21)16-28)14-23-24(30)17-29(27(23)31)22-10-4-3-5-11-22/h3-15H,2,17-18H2,1H3/b23-14+. The lowest BCUT2D eigenvalue weighted by Gasteiger charge is -2.14. The molecular weight excluding hydrogens is 416 g/mol. The fourth-order valence-corrected chi connectivity index (χ4v) is 3.60. The molecular formula is C27H22N2O4. The van der Waals surface area contributed by atoms with E-state index in [0.717, 1.165) is 5.56 Å². The van der Waals surface area contributed by atoms with Gasteiger partial charge in [0.1, 0.15) is 6.61 Å². The van der Waals surface area contributed by atoms with Gasteiger partial charge in [-0.2, -0.15) is 5.26 Å². The van der Waals surface area contributed by atoms with Crippen LogP contribution in [0.3, 0.4) is 0 Å². The summed E-state index contributed by atoms with van der Waals surface area (Å²) in [6, 6.07) is 23.8. The Kier molecular flexibility index (Phi) is 6.51. The first kappa shape index (κ1) is 21.8. The molecule has 164 valence electrons. The van der Waals surface area contributed by atoms with E-state index in [1.165, 1.54) is 4.90 Å². The van der Waals surface area contributed by atoms with Gasteiger partial charge < -0.3 is 14.4 Å². The molecule has 6 heteroatoms. The molecule has 1 amide bonds. The molecule has 1 aliphatic heterocycles. The largest absolute Gasteiger partial charge is 0.490 e. The number of anilines is 1. The van der Waals surface area contributed by atoms with E-state index in [4.69, 9.17) is 9.47 Å². The number of hydrogen-bond donors (Lipinski definition) is 0. The van der Waals surface area contributed by atoms with Crippen molar-refractivity contribution < 1.29 is 19.1 Å². The predicted octanol–water partition coefficient (Wildman–Crippen LogP) is 4.54. The van der Waals surface area contributed by atoms with Gasteiger partial charge in [-0.1, -0.05) is 42.5 Å². The number of amides is 1. The highest BCUT2D eigenvalue weighted by Gasteiger charge is 2.34. The lowest BCUT2D eigenvalue weighted by atomic mass is 10.1. The second-order valence-electron chi connectivity index (χ2n) is 7.40. The lowest BCUT2D eigenvalue weighted by Crippen LogP contribution is -2.24. The Morgan fingerprint density at radius 3 is 2.48 bits per heavy atom. The summed E-state index contributed by atoms with van der Waals surface area (Å²) in [4.78, 5) is 26.9. The molecule has 1 aliphatic rings. The Balaban J connectivity index is 1.57. The van der Waals surface area contributed by atoms with E-state index in [9.17, 15) is 14.9 Å². The number of nitriles is 1. The molecule has 3 aromatic rings. The van der Waals surface area contributed by atoms with Crippen LogP contribution in [0.4, 0.5) is 5.69 Å². The second-order valence-corrected chi connectivity index (χ2v) is 7.40. The van der Waals surface area contributed by atoms with Crippen molar-refractivity contribution in [1.82, 2.24) is 0 Å². The van der Waals surface area contributed by atoms with E-state index in [1.807, 2.05) is 37.3 Å². The Morgan fingerprint density at radius 2 is 1.73 bits per heavy atom. The molecule has 3 aromatic carbocycles. The van der Waals surface area contributed by atoms with E-state index in [-0.39, 0.29) is 30.4 Å². The molecule has 0 N–H and O–H groups in total. The Hall–Kier alpha value is -4.37. The Bertz CT molecular complexity index is 1260. The summed E-state index contributed by atoms with van der Waals surface area (Å²) in [5.41, 5.74) is 2.82. The molecule has 0 atom stereocenters. The fourth-order valence-electron chi connectivity index (χ4n) is 3.60. The quantitative estimate of drug-likeness (QED) is 0.400. The van der Waals surface area contributed by atoms with Gasteiger partial charge in [-0.3, -0.25) is 9.59 Å². The van der Waals surface area contributed by atoms with Gasteiger partial charge in [0.15, 0.2) is 17.3 Å². The maximum Gasteiger partial charge on any atom is 0.262 e. The first-order valence-electron chi connectivity index (χ1n) is 10.6. The van der Waals surface area contributed by atoms with E-state index < -0.39 is 0 Å². The SMILES string of the molecule is CCOc1cc(/C=C2\C(=O)CN(c3ccccc3)C2=O)ccc1OCc1ccccc1C#N. The minimum Gasteiger partial charge on any atom is -0.490 e. The number of carbonyl (C=O) groups excluding carboxylic acids is 2. The van der Waals surface area contributed by atoms with Gasteiger partial charge in [0.25, 0.3) is 5.91 Å². The number of ketones is 1. The summed E-state index contributed by atoms with van der Waals surface area (Å²) in [6.45, 7) is 2.52. The normalized spacial score (nSPS) is 14.4. The van der Waals surface area contributed by atoms with E-state index in [0.29, 0.717) is 34.9 Å². The van der Waals surface area contributed by atoms with Crippen molar-refractivity contribution in [2.24, 2.45) is 0 Å². The summed E-state index contributed by atoms with van der Waals surface area (Å²) in [5, 5.41) is 9.27. The molecule has 1 heterocycles. The van der Waals surface area contributed by atoms with Crippen LogP contribution in [0, 0.1) is 11.3 Å². The number of hydrogen-bond acceptors (Lipinski definition) is 5. The average Bonchev–Trinajstić information content (AvgIpc) is 3.13. The number of rotatable bonds is 7. The molecule has 0 aliphatic carbocycles. The van der Waals surface area contributed by atoms with Crippen LogP contribution in [0.1, 0.15) is 23.6 Å². The molecule has 1 saturated heterocycles. The van der Waals surface area contributed by atoms with Gasteiger partial charge in [-0.05, 0) is 48.9 Å². The number of nitrogens with zero attached hydrogens (tertiary/aromatic N) is 2. The van der Waals surface area contributed by atoms with Crippen LogP contribution in [-0.4, -0.2) is 24.8 Å². The van der Waals surface area contributed by atoms with Crippen LogP contribution in [0.15, 0.2) is 78.4 Å². The van der Waals surface area contributed by atoms with E-state index in [2.05, 4.69) is 6.07 Å². The Morgan fingerprint density at radius 1 is 0.970 bits per heavy atom. The molecule has 0 spiro atoms. The first-order chi connectivity index (χ1) is 16.1. The van der Waals surface area contributed by atoms with Crippen LogP contribution < -0.4 is 14.4 Å². The van der Waals surface area contributed by atoms with Crippen molar-refractivity contribution in [2.75, 3.05) is 18.1 Å². The van der Waals surface area contributed by atoms with Gasteiger partial charge in [0.05, 0.1) is 30.4 Å². The molecule has 0 aromatic heterocycles. The fraction of sp³-hybridized carbons (Fsp3) is 0.148. The van der Waals surface area contributed by atoms with Crippen molar-refractivity contribution in [3.63, 3.8) is 0 Å². The van der Waals surface area contributed by atoms with Gasteiger partial charge >= 0.3 is 0 Å². The molecule has 0 saturated carbocycles. The third-order valence-corrected chi connectivity index (χ3v) is 5.25. The van der Waals surface area contributed by atoms with E-state index in [1.54, 1.807) is 48.5 Å². The first-order valence-corrected chi connectivity index (χ1v) is 10.6. The minimum absolute atomic E-state index is 0.0203. The predicted molar refractivity (Wildman–Crippen MR) is 125 cm³/mol. The molecule has 6 nitrogen and oxygen atoms in total. The molecule has 0 bridgehead atoms. The third kappa shape index (κ3) is 4.78. The number of benzene rings is 3. The zero-order chi connectivity index (χ0) is 23.2. The highest BCUT2D eigenvalue weighted by atomic mass is 16.5. The van der Waals surface area contributed by atoms with Crippen LogP contribution >= 0.6 is 0 Å². The zero-order valence-corrected chi connectivity index (χ0v) is 18.2. The van der Waals surface area contributed by atoms with Crippen molar-refractivity contribution in [3.05, 3.63) is 95.1 Å². The molecule has 33 heavy (non-hydrogen) atoms. The second kappa shape index (κ2) is 9.84. The monoisotopic (exact) mass is 438 g/mol. The summed E-state index contributed by atoms with van der Waals surface area (Å²) in [7, 11) is 0. The van der Waals surface area contributed by atoms with Gasteiger partial charge in [-0.15, -0.1) is 0 Å². The Labute approximate surface area is 192 Å². The smallest absolute Gasteiger partial charge is 0.262 e. The highest BCUT2D eigenvalue weighted by Crippen LogP contribution is 2.31. The summed E-state index contributed by atoms with van der Waals surface area (Å²) in [5.74, 6) is 0.466. The van der Waals surface area contributed by atoms with Crippen molar-refractivity contribution in [2.45, 2.75) is 13.5 Å². The highest BCUT2D eigenvalue weighted by molar-refractivity contribution is 6.34. The third-order valence-electron chi connectivity index (χ3n) is 5.25. The number of Topliss-reactive ketones (excluding diaryl/α,β-unsaturated/α-hetero) is 1. The molecule has 4 rings (SSSR count). The summed E-state index contributed by atoms with van der Waals surface area (Å²) < 4.78 is 11.7. The van der Waals surface area contributed by atoms with E-state index >= 15 is 0 Å². The van der Waals surface area contributed by atoms with Gasteiger partial charge in [0, 0.05) is 11.3 Å². The van der Waals surface area contributed by atoms with Gasteiger partial charge in [0.2, 0.25) is 0 Å². The van der Waals surface area contributed by atoms with Crippen molar-refractivity contribution in [1.29, 1.82) is 5.26 Å². The molecule has 1 fully saturated rings. The topological polar surface area (TPSA) is 79.6 Å². The van der Waals surface area contributed by atoms with Crippen LogP contribution in [-0.2, 0) is 16.2 Å². The molecule has 0 radical (unpaired) electrons.